The fourth-order valence-electron chi connectivity index (χ4n) is 2.54. The lowest BCUT2D eigenvalue weighted by Gasteiger charge is -2.04. The molecule has 122 valence electrons. The summed E-state index contributed by atoms with van der Waals surface area (Å²) in [5, 5.41) is 10.6. The Morgan fingerprint density at radius 3 is 2.29 bits per heavy atom. The third-order valence-corrected chi connectivity index (χ3v) is 3.65. The molecule has 0 atom stereocenters. The summed E-state index contributed by atoms with van der Waals surface area (Å²) < 4.78 is 18.2. The number of benzene rings is 2. The summed E-state index contributed by atoms with van der Waals surface area (Å²) in [7, 11) is 0. The lowest BCUT2D eigenvalue weighted by atomic mass is 10.1. The predicted octanol–water partition coefficient (Wildman–Crippen LogP) is 4.37. The Balaban J connectivity index is 2.19. The summed E-state index contributed by atoms with van der Waals surface area (Å²) in [5.74, 6) is -1.20. The van der Waals surface area contributed by atoms with Crippen LogP contribution in [0.15, 0.2) is 54.6 Å². The number of rotatable bonds is 4. The highest BCUT2D eigenvalue weighted by atomic mass is 19.1. The summed E-state index contributed by atoms with van der Waals surface area (Å²) in [6.07, 6.45) is 0. The van der Waals surface area contributed by atoms with Crippen molar-refractivity contribution < 1.29 is 19.0 Å². The molecule has 4 nitrogen and oxygen atoms in total. The van der Waals surface area contributed by atoms with Gasteiger partial charge in [0, 0.05) is 5.56 Å². The fraction of sp³-hybridized carbons (Fsp3) is 0.105. The molecule has 1 aromatic heterocycles. The van der Waals surface area contributed by atoms with Gasteiger partial charge in [0.15, 0.2) is 5.75 Å². The van der Waals surface area contributed by atoms with E-state index in [1.807, 2.05) is 30.3 Å². The standard InChI is InChI=1S/C19H16FNO3/c1-2-24-19(23)15-16(12-6-4-3-5-7-12)21-17(18(15)22)13-8-10-14(20)11-9-13/h3-11,21-22H,2H2,1H3. The van der Waals surface area contributed by atoms with E-state index in [2.05, 4.69) is 4.98 Å². The minimum absolute atomic E-state index is 0.0716. The van der Waals surface area contributed by atoms with E-state index in [9.17, 15) is 14.3 Å². The molecular weight excluding hydrogens is 309 g/mol. The van der Waals surface area contributed by atoms with E-state index in [0.717, 1.165) is 5.56 Å². The molecule has 2 aromatic carbocycles. The van der Waals surface area contributed by atoms with Gasteiger partial charge in [-0.25, -0.2) is 9.18 Å². The molecule has 0 fully saturated rings. The molecule has 0 unspecified atom stereocenters. The second-order valence-corrected chi connectivity index (χ2v) is 5.19. The van der Waals surface area contributed by atoms with Crippen LogP contribution >= 0.6 is 0 Å². The number of nitrogens with one attached hydrogen (secondary N) is 1. The summed E-state index contributed by atoms with van der Waals surface area (Å²) in [6.45, 7) is 1.90. The molecule has 2 N–H and O–H groups in total. The Hall–Kier alpha value is -3.08. The van der Waals surface area contributed by atoms with E-state index in [4.69, 9.17) is 4.74 Å². The van der Waals surface area contributed by atoms with Crippen LogP contribution in [0.1, 0.15) is 17.3 Å². The second kappa shape index (κ2) is 6.58. The number of aromatic nitrogens is 1. The number of aromatic hydroxyl groups is 1. The van der Waals surface area contributed by atoms with Gasteiger partial charge in [-0.05, 0) is 36.8 Å². The fourth-order valence-corrected chi connectivity index (χ4v) is 2.54. The summed E-state index contributed by atoms with van der Waals surface area (Å²) in [4.78, 5) is 15.4. The van der Waals surface area contributed by atoms with Crippen molar-refractivity contribution in [1.29, 1.82) is 0 Å². The topological polar surface area (TPSA) is 62.3 Å². The highest BCUT2D eigenvalue weighted by Gasteiger charge is 2.25. The normalized spacial score (nSPS) is 10.6. The zero-order chi connectivity index (χ0) is 17.1. The molecule has 5 heteroatoms. The number of aromatic amines is 1. The van der Waals surface area contributed by atoms with Crippen molar-refractivity contribution >= 4 is 5.97 Å². The van der Waals surface area contributed by atoms with Crippen molar-refractivity contribution in [2.45, 2.75) is 6.92 Å². The number of esters is 1. The van der Waals surface area contributed by atoms with Crippen molar-refractivity contribution in [2.75, 3.05) is 6.61 Å². The van der Waals surface area contributed by atoms with Gasteiger partial charge in [0.1, 0.15) is 11.4 Å². The van der Waals surface area contributed by atoms with Crippen molar-refractivity contribution in [3.8, 4) is 28.3 Å². The predicted molar refractivity (Wildman–Crippen MR) is 89.2 cm³/mol. The van der Waals surface area contributed by atoms with Crippen LogP contribution < -0.4 is 0 Å². The molecule has 0 radical (unpaired) electrons. The molecule has 0 amide bonds. The Kier molecular flexibility index (Phi) is 4.33. The summed E-state index contributed by atoms with van der Waals surface area (Å²) >= 11 is 0. The summed E-state index contributed by atoms with van der Waals surface area (Å²) in [6, 6.07) is 14.8. The zero-order valence-corrected chi connectivity index (χ0v) is 13.0. The maximum absolute atomic E-state index is 13.1. The molecule has 3 rings (SSSR count). The number of hydrogen-bond acceptors (Lipinski definition) is 3. The van der Waals surface area contributed by atoms with Crippen LogP contribution in [0.25, 0.3) is 22.5 Å². The Morgan fingerprint density at radius 1 is 1.04 bits per heavy atom. The van der Waals surface area contributed by atoms with E-state index in [1.54, 1.807) is 6.92 Å². The van der Waals surface area contributed by atoms with E-state index in [-0.39, 0.29) is 23.7 Å². The number of carbonyl (C=O) groups excluding carboxylic acids is 1. The molecular formula is C19H16FNO3. The molecule has 0 saturated carbocycles. The average molecular weight is 325 g/mol. The monoisotopic (exact) mass is 325 g/mol. The molecule has 0 aliphatic heterocycles. The zero-order valence-electron chi connectivity index (χ0n) is 13.0. The molecule has 0 spiro atoms. The quantitative estimate of drug-likeness (QED) is 0.700. The van der Waals surface area contributed by atoms with Gasteiger partial charge in [0.05, 0.1) is 18.0 Å². The van der Waals surface area contributed by atoms with Crippen LogP contribution in [-0.4, -0.2) is 22.7 Å². The van der Waals surface area contributed by atoms with E-state index >= 15 is 0 Å². The SMILES string of the molecule is CCOC(=O)c1c(-c2ccccc2)[nH]c(-c2ccc(F)cc2)c1O. The highest BCUT2D eigenvalue weighted by Crippen LogP contribution is 2.39. The second-order valence-electron chi connectivity index (χ2n) is 5.19. The number of halogens is 1. The first kappa shape index (κ1) is 15.8. The smallest absolute Gasteiger partial charge is 0.344 e. The number of hydrogen-bond donors (Lipinski definition) is 2. The minimum Gasteiger partial charge on any atom is -0.505 e. The first-order valence-corrected chi connectivity index (χ1v) is 7.55. The Bertz CT molecular complexity index is 854. The van der Waals surface area contributed by atoms with Gasteiger partial charge in [-0.3, -0.25) is 0 Å². The van der Waals surface area contributed by atoms with Gasteiger partial charge in [-0.15, -0.1) is 0 Å². The van der Waals surface area contributed by atoms with Gasteiger partial charge >= 0.3 is 5.97 Å². The lowest BCUT2D eigenvalue weighted by Crippen LogP contribution is -2.05. The lowest BCUT2D eigenvalue weighted by molar-refractivity contribution is 0.0524. The molecule has 0 saturated heterocycles. The molecule has 0 aliphatic carbocycles. The Labute approximate surface area is 138 Å². The van der Waals surface area contributed by atoms with Crippen molar-refractivity contribution in [2.24, 2.45) is 0 Å². The molecule has 0 bridgehead atoms. The van der Waals surface area contributed by atoms with Crippen LogP contribution in [0, 0.1) is 5.82 Å². The van der Waals surface area contributed by atoms with Crippen LogP contribution in [0.3, 0.4) is 0 Å². The van der Waals surface area contributed by atoms with E-state index in [0.29, 0.717) is 17.0 Å². The maximum Gasteiger partial charge on any atom is 0.344 e. The van der Waals surface area contributed by atoms with Gasteiger partial charge in [0.2, 0.25) is 0 Å². The van der Waals surface area contributed by atoms with Crippen LogP contribution in [0.5, 0.6) is 5.75 Å². The van der Waals surface area contributed by atoms with Crippen molar-refractivity contribution in [1.82, 2.24) is 4.98 Å². The molecule has 0 aliphatic rings. The van der Waals surface area contributed by atoms with E-state index < -0.39 is 5.97 Å². The number of H-pyrrole nitrogens is 1. The van der Waals surface area contributed by atoms with Gasteiger partial charge in [-0.2, -0.15) is 0 Å². The van der Waals surface area contributed by atoms with Gasteiger partial charge in [-0.1, -0.05) is 30.3 Å². The van der Waals surface area contributed by atoms with Gasteiger partial charge < -0.3 is 14.8 Å². The number of ether oxygens (including phenoxy) is 1. The largest absolute Gasteiger partial charge is 0.505 e. The first-order chi connectivity index (χ1) is 11.6. The van der Waals surface area contributed by atoms with Crippen LogP contribution in [0.4, 0.5) is 4.39 Å². The summed E-state index contributed by atoms with van der Waals surface area (Å²) in [5.41, 5.74) is 2.19. The van der Waals surface area contributed by atoms with Crippen LogP contribution in [-0.2, 0) is 4.74 Å². The number of carbonyl (C=O) groups is 1. The van der Waals surface area contributed by atoms with E-state index in [1.165, 1.54) is 24.3 Å². The average Bonchev–Trinajstić information content (AvgIpc) is 2.94. The van der Waals surface area contributed by atoms with Gasteiger partial charge in [0.25, 0.3) is 0 Å². The third-order valence-electron chi connectivity index (χ3n) is 3.65. The third kappa shape index (κ3) is 2.88. The van der Waals surface area contributed by atoms with Crippen molar-refractivity contribution in [3.63, 3.8) is 0 Å². The highest BCUT2D eigenvalue weighted by molar-refractivity contribution is 6.02. The molecule has 3 aromatic rings. The molecule has 1 heterocycles. The molecule has 24 heavy (non-hydrogen) atoms. The first-order valence-electron chi connectivity index (χ1n) is 7.55. The van der Waals surface area contributed by atoms with Crippen molar-refractivity contribution in [3.05, 3.63) is 66.0 Å². The minimum atomic E-state index is -0.613. The van der Waals surface area contributed by atoms with Crippen LogP contribution in [0.2, 0.25) is 0 Å². The Morgan fingerprint density at radius 2 is 1.67 bits per heavy atom. The maximum atomic E-state index is 13.1.